The van der Waals surface area contributed by atoms with E-state index in [4.69, 9.17) is 9.97 Å². The summed E-state index contributed by atoms with van der Waals surface area (Å²) in [5.74, 6) is 1.51. The van der Waals surface area contributed by atoms with Gasteiger partial charge in [-0.15, -0.1) is 0 Å². The Morgan fingerprint density at radius 2 is 1.67 bits per heavy atom. The number of hydrogen-bond donors (Lipinski definition) is 0. The third-order valence-corrected chi connectivity index (χ3v) is 7.33. The van der Waals surface area contributed by atoms with Gasteiger partial charge in [-0.2, -0.15) is 0 Å². The molecule has 0 bridgehead atoms. The first-order chi connectivity index (χ1) is 15.9. The molecule has 0 aliphatic carbocycles. The molecule has 0 radical (unpaired) electrons. The Morgan fingerprint density at radius 1 is 0.970 bits per heavy atom. The lowest BCUT2D eigenvalue weighted by Gasteiger charge is -2.34. The predicted octanol–water partition coefficient (Wildman–Crippen LogP) is 6.21. The maximum absolute atomic E-state index is 5.33. The van der Waals surface area contributed by atoms with E-state index in [1.807, 2.05) is 0 Å². The van der Waals surface area contributed by atoms with Gasteiger partial charge in [0.05, 0.1) is 16.7 Å². The van der Waals surface area contributed by atoms with Crippen LogP contribution in [0.1, 0.15) is 76.2 Å². The lowest BCUT2D eigenvalue weighted by molar-refractivity contribution is 0.312. The highest BCUT2D eigenvalue weighted by atomic mass is 15.3. The highest BCUT2D eigenvalue weighted by molar-refractivity contribution is 5.86. The summed E-state index contributed by atoms with van der Waals surface area (Å²) >= 11 is 0. The Labute approximate surface area is 199 Å². The van der Waals surface area contributed by atoms with E-state index >= 15 is 0 Å². The summed E-state index contributed by atoms with van der Waals surface area (Å²) in [4.78, 5) is 15.4. The number of pyridine rings is 2. The number of likely N-dealkylation sites (N-methyl/N-ethyl adjacent to an activating group) is 1. The van der Waals surface area contributed by atoms with Gasteiger partial charge in [-0.25, -0.2) is 9.97 Å². The Morgan fingerprint density at radius 3 is 2.27 bits per heavy atom. The molecule has 0 saturated carbocycles. The fraction of sp³-hybridized carbons (Fsp3) is 0.571. The van der Waals surface area contributed by atoms with E-state index in [0.717, 1.165) is 68.2 Å². The smallest absolute Gasteiger partial charge is 0.138 e. The molecule has 0 atom stereocenters. The van der Waals surface area contributed by atoms with Crippen LogP contribution in [-0.2, 0) is 6.42 Å². The SMILES string of the molecule is CCc1cc2c(nc1-c1ccc(C(C)C)nc1N1CCN(C)CC1)c(C)cn2C(CC)CC. The monoisotopic (exact) mass is 447 g/mol. The molecule has 3 aromatic rings. The van der Waals surface area contributed by atoms with E-state index in [0.29, 0.717) is 12.0 Å². The predicted molar refractivity (Wildman–Crippen MR) is 140 cm³/mol. The topological polar surface area (TPSA) is 37.2 Å². The molecule has 0 amide bonds. The summed E-state index contributed by atoms with van der Waals surface area (Å²) in [6, 6.07) is 7.39. The van der Waals surface area contributed by atoms with E-state index < -0.39 is 0 Å². The van der Waals surface area contributed by atoms with Crippen LogP contribution in [0.25, 0.3) is 22.3 Å². The lowest BCUT2D eigenvalue weighted by atomic mass is 10.0. The second kappa shape index (κ2) is 9.84. The van der Waals surface area contributed by atoms with Crippen LogP contribution in [0.2, 0.25) is 0 Å². The minimum Gasteiger partial charge on any atom is -0.353 e. The maximum Gasteiger partial charge on any atom is 0.138 e. The van der Waals surface area contributed by atoms with Gasteiger partial charge in [-0.1, -0.05) is 34.6 Å². The van der Waals surface area contributed by atoms with Crippen molar-refractivity contribution in [2.24, 2.45) is 0 Å². The molecule has 3 aromatic heterocycles. The molecule has 5 heteroatoms. The van der Waals surface area contributed by atoms with Crippen LogP contribution in [0.4, 0.5) is 5.82 Å². The molecule has 178 valence electrons. The van der Waals surface area contributed by atoms with Gasteiger partial charge in [0.25, 0.3) is 0 Å². The molecular weight excluding hydrogens is 406 g/mol. The van der Waals surface area contributed by atoms with Crippen molar-refractivity contribution in [3.63, 3.8) is 0 Å². The van der Waals surface area contributed by atoms with Gasteiger partial charge in [0, 0.05) is 49.7 Å². The van der Waals surface area contributed by atoms with Gasteiger partial charge < -0.3 is 14.4 Å². The zero-order valence-electron chi connectivity index (χ0n) is 21.6. The van der Waals surface area contributed by atoms with Crippen LogP contribution in [0.3, 0.4) is 0 Å². The standard InChI is InChI=1S/C28H41N5/c1-8-21-17-25-26(20(6)18-33(25)22(9-2)10-3)30-27(21)23-11-12-24(19(4)5)29-28(23)32-15-13-31(7)14-16-32/h11-12,17-19,22H,8-10,13-16H2,1-7H3. The summed E-state index contributed by atoms with van der Waals surface area (Å²) in [5.41, 5.74) is 8.41. The van der Waals surface area contributed by atoms with Crippen molar-refractivity contribution < 1.29 is 0 Å². The van der Waals surface area contributed by atoms with Crippen molar-refractivity contribution in [3.05, 3.63) is 41.2 Å². The van der Waals surface area contributed by atoms with Crippen molar-refractivity contribution in [2.45, 2.75) is 72.8 Å². The summed E-state index contributed by atoms with van der Waals surface area (Å²) in [6.45, 7) is 17.6. The molecule has 1 fully saturated rings. The lowest BCUT2D eigenvalue weighted by Crippen LogP contribution is -2.45. The first kappa shape index (κ1) is 23.7. The van der Waals surface area contributed by atoms with Crippen LogP contribution in [0, 0.1) is 6.92 Å². The fourth-order valence-corrected chi connectivity index (χ4v) is 5.08. The number of aromatic nitrogens is 3. The number of piperazine rings is 1. The van der Waals surface area contributed by atoms with Gasteiger partial charge in [0.2, 0.25) is 0 Å². The van der Waals surface area contributed by atoms with Crippen LogP contribution in [0.5, 0.6) is 0 Å². The van der Waals surface area contributed by atoms with Gasteiger partial charge >= 0.3 is 0 Å². The molecule has 33 heavy (non-hydrogen) atoms. The second-order valence-electron chi connectivity index (χ2n) is 9.96. The third-order valence-electron chi connectivity index (χ3n) is 7.33. The molecule has 0 unspecified atom stereocenters. The molecule has 4 rings (SSSR count). The molecule has 4 heterocycles. The first-order valence-electron chi connectivity index (χ1n) is 12.8. The highest BCUT2D eigenvalue weighted by Gasteiger charge is 2.23. The number of anilines is 1. The largest absolute Gasteiger partial charge is 0.353 e. The van der Waals surface area contributed by atoms with Crippen LogP contribution < -0.4 is 4.90 Å². The van der Waals surface area contributed by atoms with Crippen LogP contribution in [0.15, 0.2) is 24.4 Å². The van der Waals surface area contributed by atoms with Gasteiger partial charge in [-0.05, 0) is 68.5 Å². The third kappa shape index (κ3) is 4.52. The summed E-state index contributed by atoms with van der Waals surface area (Å²) in [6.07, 6.45) is 5.54. The Kier molecular flexibility index (Phi) is 7.08. The number of fused-ring (bicyclic) bond motifs is 1. The van der Waals surface area contributed by atoms with Gasteiger partial charge in [0.1, 0.15) is 5.82 Å². The Hall–Kier alpha value is -2.40. The molecule has 0 aromatic carbocycles. The van der Waals surface area contributed by atoms with Crippen molar-refractivity contribution in [1.29, 1.82) is 0 Å². The highest BCUT2D eigenvalue weighted by Crippen LogP contribution is 2.36. The molecule has 1 aliphatic heterocycles. The van der Waals surface area contributed by atoms with Gasteiger partial charge in [0.15, 0.2) is 0 Å². The van der Waals surface area contributed by atoms with Crippen molar-refractivity contribution >= 4 is 16.9 Å². The molecule has 0 spiro atoms. The van der Waals surface area contributed by atoms with E-state index in [2.05, 4.69) is 87.4 Å². The summed E-state index contributed by atoms with van der Waals surface area (Å²) in [5, 5.41) is 0. The Bertz CT molecular complexity index is 1100. The van der Waals surface area contributed by atoms with Crippen molar-refractivity contribution in [2.75, 3.05) is 38.1 Å². The number of hydrogen-bond acceptors (Lipinski definition) is 4. The maximum atomic E-state index is 5.33. The fourth-order valence-electron chi connectivity index (χ4n) is 5.08. The molecule has 5 nitrogen and oxygen atoms in total. The zero-order valence-corrected chi connectivity index (χ0v) is 21.6. The normalized spacial score (nSPS) is 15.4. The van der Waals surface area contributed by atoms with E-state index in [9.17, 15) is 0 Å². The molecular formula is C28H41N5. The quantitative estimate of drug-likeness (QED) is 0.432. The summed E-state index contributed by atoms with van der Waals surface area (Å²) in [7, 11) is 2.20. The minimum absolute atomic E-state index is 0.405. The Balaban J connectivity index is 1.90. The van der Waals surface area contributed by atoms with E-state index in [1.165, 1.54) is 22.2 Å². The van der Waals surface area contributed by atoms with Crippen molar-refractivity contribution in [1.82, 2.24) is 19.4 Å². The number of aryl methyl sites for hydroxylation is 2. The van der Waals surface area contributed by atoms with Crippen LogP contribution >= 0.6 is 0 Å². The van der Waals surface area contributed by atoms with Crippen LogP contribution in [-0.4, -0.2) is 52.7 Å². The average Bonchev–Trinajstić information content (AvgIpc) is 3.14. The van der Waals surface area contributed by atoms with E-state index in [1.54, 1.807) is 0 Å². The van der Waals surface area contributed by atoms with E-state index in [-0.39, 0.29) is 0 Å². The van der Waals surface area contributed by atoms with Crippen molar-refractivity contribution in [3.8, 4) is 11.3 Å². The molecule has 0 N–H and O–H groups in total. The summed E-state index contributed by atoms with van der Waals surface area (Å²) < 4.78 is 2.46. The number of rotatable bonds is 7. The average molecular weight is 448 g/mol. The molecule has 1 aliphatic rings. The molecule has 1 saturated heterocycles. The zero-order chi connectivity index (χ0) is 23.7. The second-order valence-corrected chi connectivity index (χ2v) is 9.96. The van der Waals surface area contributed by atoms with Gasteiger partial charge in [-0.3, -0.25) is 0 Å². The minimum atomic E-state index is 0.405. The number of nitrogens with zero attached hydrogens (tertiary/aromatic N) is 5. The first-order valence-corrected chi connectivity index (χ1v) is 12.8.